The van der Waals surface area contributed by atoms with E-state index in [0.29, 0.717) is 26.3 Å². The molecule has 2 aliphatic rings. The van der Waals surface area contributed by atoms with Gasteiger partial charge in [-0.15, -0.1) is 0 Å². The largest absolute Gasteiger partial charge is 0.491 e. The molecule has 0 saturated carbocycles. The number of ether oxygens (including phenoxy) is 2. The molecule has 26 heavy (non-hydrogen) atoms. The Balaban J connectivity index is 0.000000758. The molecule has 2 heterocycles. The van der Waals surface area contributed by atoms with E-state index in [1.165, 1.54) is 7.11 Å². The van der Waals surface area contributed by atoms with Gasteiger partial charge in [0.1, 0.15) is 0 Å². The maximum Gasteiger partial charge on any atom is 0.290 e. The van der Waals surface area contributed by atoms with Crippen molar-refractivity contribution in [2.24, 2.45) is 5.92 Å². The van der Waals surface area contributed by atoms with Crippen LogP contribution in [0.3, 0.4) is 0 Å². The molecule has 2 saturated heterocycles. The number of carboxylic acid groups (broad SMARTS) is 1. The molecule has 1 aromatic rings. The van der Waals surface area contributed by atoms with Crippen LogP contribution in [0.15, 0.2) is 12.1 Å². The number of nitrogens with zero attached hydrogens (tertiary/aromatic N) is 2. The number of carbonyl (C=O) groups excluding carboxylic acids is 1. The van der Waals surface area contributed by atoms with E-state index >= 15 is 0 Å². The Kier molecular flexibility index (Phi) is 6.87. The molecule has 1 aromatic carbocycles. The van der Waals surface area contributed by atoms with Gasteiger partial charge in [-0.2, -0.15) is 0 Å². The van der Waals surface area contributed by atoms with Crippen LogP contribution in [0.5, 0.6) is 5.75 Å². The minimum Gasteiger partial charge on any atom is -0.491 e. The van der Waals surface area contributed by atoms with E-state index in [2.05, 4.69) is 9.64 Å². The Labute approximate surface area is 150 Å². The van der Waals surface area contributed by atoms with Gasteiger partial charge in [-0.3, -0.25) is 14.5 Å². The normalized spacial score (nSPS) is 22.7. The van der Waals surface area contributed by atoms with Crippen molar-refractivity contribution in [2.45, 2.75) is 6.04 Å². The van der Waals surface area contributed by atoms with Gasteiger partial charge < -0.3 is 19.5 Å². The lowest BCUT2D eigenvalue weighted by Gasteiger charge is -2.30. The number of hydrogen-bond donors (Lipinski definition) is 1. The molecule has 2 fully saturated rings. The Bertz CT molecular complexity index is 635. The second-order valence-corrected chi connectivity index (χ2v) is 6.29. The average molecular weight is 372 g/mol. The lowest BCUT2D eigenvalue weighted by atomic mass is 10.1. The summed E-state index contributed by atoms with van der Waals surface area (Å²) in [4.78, 5) is 24.9. The summed E-state index contributed by atoms with van der Waals surface area (Å²) >= 11 is 0. The molecule has 0 spiro atoms. The van der Waals surface area contributed by atoms with E-state index in [0.717, 1.165) is 18.7 Å². The van der Waals surface area contributed by atoms with Gasteiger partial charge in [0.25, 0.3) is 12.4 Å². The van der Waals surface area contributed by atoms with Crippen LogP contribution in [0.2, 0.25) is 0 Å². The predicted molar refractivity (Wildman–Crippen MR) is 88.2 cm³/mol. The van der Waals surface area contributed by atoms with Gasteiger partial charge in [-0.1, -0.05) is 0 Å². The van der Waals surface area contributed by atoms with Crippen LogP contribution < -0.4 is 4.74 Å². The van der Waals surface area contributed by atoms with Crippen molar-refractivity contribution in [2.75, 3.05) is 47.0 Å². The highest BCUT2D eigenvalue weighted by molar-refractivity contribution is 5.94. The molecule has 9 heteroatoms. The monoisotopic (exact) mass is 372 g/mol. The minimum atomic E-state index is -0.869. The number of benzene rings is 1. The zero-order valence-corrected chi connectivity index (χ0v) is 14.7. The highest BCUT2D eigenvalue weighted by Crippen LogP contribution is 2.25. The van der Waals surface area contributed by atoms with Gasteiger partial charge in [0.15, 0.2) is 17.4 Å². The van der Waals surface area contributed by atoms with E-state index in [1.807, 2.05) is 7.05 Å². The third-order valence-corrected chi connectivity index (χ3v) is 4.48. The summed E-state index contributed by atoms with van der Waals surface area (Å²) in [5, 5.41) is 6.89. The van der Waals surface area contributed by atoms with Crippen molar-refractivity contribution in [3.05, 3.63) is 29.3 Å². The summed E-state index contributed by atoms with van der Waals surface area (Å²) in [5.41, 5.74) is 0.00402. The smallest absolute Gasteiger partial charge is 0.290 e. The Morgan fingerprint density at radius 3 is 2.46 bits per heavy atom. The van der Waals surface area contributed by atoms with Gasteiger partial charge in [-0.25, -0.2) is 8.78 Å². The Morgan fingerprint density at radius 1 is 1.27 bits per heavy atom. The Hall–Kier alpha value is -2.26. The average Bonchev–Trinajstić information content (AvgIpc) is 2.83. The van der Waals surface area contributed by atoms with Crippen molar-refractivity contribution in [1.29, 1.82) is 0 Å². The van der Waals surface area contributed by atoms with Crippen LogP contribution in [-0.2, 0) is 9.53 Å². The topological polar surface area (TPSA) is 79.3 Å². The summed E-state index contributed by atoms with van der Waals surface area (Å²) in [6.07, 6.45) is 0. The first-order chi connectivity index (χ1) is 12.4. The minimum absolute atomic E-state index is 0.00402. The molecule has 1 N–H and O–H groups in total. The van der Waals surface area contributed by atoms with Crippen LogP contribution >= 0.6 is 0 Å². The van der Waals surface area contributed by atoms with Crippen LogP contribution in [-0.4, -0.2) is 80.3 Å². The Morgan fingerprint density at radius 2 is 1.88 bits per heavy atom. The molecule has 0 radical (unpaired) electrons. The number of methoxy groups -OCH3 is 1. The van der Waals surface area contributed by atoms with Crippen molar-refractivity contribution in [1.82, 2.24) is 9.80 Å². The van der Waals surface area contributed by atoms with E-state index in [-0.39, 0.29) is 29.9 Å². The quantitative estimate of drug-likeness (QED) is 0.783. The fraction of sp³-hybridized carbons (Fsp3) is 0.529. The molecule has 2 aliphatic heterocycles. The number of amides is 1. The maximum absolute atomic E-state index is 13.8. The molecule has 2 atom stereocenters. The number of likely N-dealkylation sites (N-methyl/N-ethyl adjacent to an activating group) is 1. The highest BCUT2D eigenvalue weighted by atomic mass is 19.1. The van der Waals surface area contributed by atoms with Crippen LogP contribution in [0.4, 0.5) is 8.78 Å². The van der Waals surface area contributed by atoms with Crippen LogP contribution in [0.25, 0.3) is 0 Å². The van der Waals surface area contributed by atoms with E-state index in [9.17, 15) is 13.6 Å². The molecule has 2 bridgehead atoms. The first kappa shape index (κ1) is 20.1. The van der Waals surface area contributed by atoms with E-state index in [1.54, 1.807) is 4.90 Å². The zero-order valence-electron chi connectivity index (χ0n) is 14.7. The summed E-state index contributed by atoms with van der Waals surface area (Å²) in [6, 6.07) is 2.16. The molecule has 144 valence electrons. The van der Waals surface area contributed by atoms with Gasteiger partial charge >= 0.3 is 0 Å². The third-order valence-electron chi connectivity index (χ3n) is 4.48. The lowest BCUT2D eigenvalue weighted by molar-refractivity contribution is -0.122. The number of fused-ring (bicyclic) bond motifs is 3. The summed E-state index contributed by atoms with van der Waals surface area (Å²) in [6.45, 7) is 2.76. The predicted octanol–water partition coefficient (Wildman–Crippen LogP) is 1.08. The molecule has 0 unspecified atom stereocenters. The molecule has 1 amide bonds. The van der Waals surface area contributed by atoms with Crippen molar-refractivity contribution >= 4 is 12.4 Å². The first-order valence-corrected chi connectivity index (χ1v) is 8.09. The number of carbonyl (C=O) groups is 2. The van der Waals surface area contributed by atoms with Crippen LogP contribution in [0, 0.1) is 17.6 Å². The van der Waals surface area contributed by atoms with E-state index in [4.69, 9.17) is 14.6 Å². The fourth-order valence-corrected chi connectivity index (χ4v) is 3.28. The van der Waals surface area contributed by atoms with Gasteiger partial charge in [-0.05, 0) is 19.2 Å². The van der Waals surface area contributed by atoms with Crippen molar-refractivity contribution in [3.8, 4) is 5.75 Å². The SMILES string of the molecule is COc1c(F)cc(C(=O)N2C[C@@H]3COC[C@H](C2)N(C)C3)cc1F.O=CO. The van der Waals surface area contributed by atoms with Gasteiger partial charge in [0, 0.05) is 31.1 Å². The third kappa shape index (κ3) is 4.47. The first-order valence-electron chi connectivity index (χ1n) is 8.09. The summed E-state index contributed by atoms with van der Waals surface area (Å²) < 4.78 is 38.0. The van der Waals surface area contributed by atoms with Gasteiger partial charge in [0.2, 0.25) is 0 Å². The lowest BCUT2D eigenvalue weighted by Crippen LogP contribution is -2.44. The van der Waals surface area contributed by atoms with Crippen LogP contribution in [0.1, 0.15) is 10.4 Å². The molecule has 0 aliphatic carbocycles. The molecular formula is C17H22F2N2O5. The second-order valence-electron chi connectivity index (χ2n) is 6.29. The van der Waals surface area contributed by atoms with Crippen molar-refractivity contribution in [3.63, 3.8) is 0 Å². The molecule has 7 nitrogen and oxygen atoms in total. The van der Waals surface area contributed by atoms with E-state index < -0.39 is 17.4 Å². The zero-order chi connectivity index (χ0) is 19.3. The second kappa shape index (κ2) is 8.91. The molecule has 3 rings (SSSR count). The maximum atomic E-state index is 13.8. The fourth-order valence-electron chi connectivity index (χ4n) is 3.28. The summed E-state index contributed by atoms with van der Waals surface area (Å²) in [5.74, 6) is -2.37. The van der Waals surface area contributed by atoms with Gasteiger partial charge in [0.05, 0.1) is 26.4 Å². The highest BCUT2D eigenvalue weighted by Gasteiger charge is 2.34. The number of halogens is 2. The number of hydrogen-bond acceptors (Lipinski definition) is 5. The molecule has 0 aromatic heterocycles. The van der Waals surface area contributed by atoms with Crippen molar-refractivity contribution < 1.29 is 33.0 Å². The number of rotatable bonds is 2. The molecular weight excluding hydrogens is 350 g/mol. The summed E-state index contributed by atoms with van der Waals surface area (Å²) in [7, 11) is 3.20. The standard InChI is InChI=1S/C16H20F2N2O3.CH2O2/c1-19-5-10-6-20(7-12(19)9-23-8-10)16(21)11-3-13(17)15(22-2)14(18)4-11;2-1-3/h3-4,10,12H,5-9H2,1-2H3;1H,(H,2,3)/t10-,12+;/m1./s1.